The van der Waals surface area contributed by atoms with Gasteiger partial charge in [-0.05, 0) is 43.2 Å². The normalized spacial score (nSPS) is 11.3. The maximum absolute atomic E-state index is 13.2. The van der Waals surface area contributed by atoms with Crippen molar-refractivity contribution in [2.24, 2.45) is 0 Å². The highest BCUT2D eigenvalue weighted by atomic mass is 19.4. The van der Waals surface area contributed by atoms with Crippen molar-refractivity contribution in [2.45, 2.75) is 26.4 Å². The van der Waals surface area contributed by atoms with Gasteiger partial charge in [0.25, 0.3) is 5.91 Å². The lowest BCUT2D eigenvalue weighted by Gasteiger charge is -2.10. The van der Waals surface area contributed by atoms with Crippen molar-refractivity contribution in [3.8, 4) is 5.69 Å². The summed E-state index contributed by atoms with van der Waals surface area (Å²) in [5, 5.41) is 6.15. The van der Waals surface area contributed by atoms with E-state index in [1.165, 1.54) is 13.0 Å². The number of nitrogens with zero attached hydrogens (tertiary/aromatic N) is 2. The van der Waals surface area contributed by atoms with Crippen molar-refractivity contribution in [2.75, 3.05) is 5.32 Å². The Morgan fingerprint density at radius 2 is 1.79 bits per heavy atom. The van der Waals surface area contributed by atoms with E-state index >= 15 is 0 Å². The number of alkyl halides is 3. The summed E-state index contributed by atoms with van der Waals surface area (Å²) in [5.41, 5.74) is 0.490. The molecule has 5 nitrogen and oxygen atoms in total. The Kier molecular flexibility index (Phi) is 5.54. The van der Waals surface area contributed by atoms with Crippen LogP contribution in [0.15, 0.2) is 54.6 Å². The zero-order chi connectivity index (χ0) is 21.2. The molecule has 2 aromatic carbocycles. The van der Waals surface area contributed by atoms with Crippen LogP contribution in [0, 0.1) is 0 Å². The molecule has 3 aromatic rings. The van der Waals surface area contributed by atoms with Gasteiger partial charge >= 0.3 is 6.18 Å². The number of rotatable bonds is 5. The Labute approximate surface area is 165 Å². The Morgan fingerprint density at radius 3 is 2.45 bits per heavy atom. The lowest BCUT2D eigenvalue weighted by Crippen LogP contribution is -2.17. The number of nitrogens with one attached hydrogen (secondary N) is 1. The van der Waals surface area contributed by atoms with E-state index in [-0.39, 0.29) is 11.5 Å². The predicted octanol–water partition coefficient (Wildman–Crippen LogP) is 4.91. The van der Waals surface area contributed by atoms with Gasteiger partial charge in [0.05, 0.1) is 5.69 Å². The number of anilines is 1. The number of ketones is 1. The molecule has 0 atom stereocenters. The maximum atomic E-state index is 13.2. The molecule has 1 amide bonds. The van der Waals surface area contributed by atoms with E-state index in [2.05, 4.69) is 10.4 Å². The molecule has 0 saturated carbocycles. The highest BCUT2D eigenvalue weighted by Gasteiger charge is 2.36. The molecule has 150 valence electrons. The Balaban J connectivity index is 2.03. The number of aryl methyl sites for hydroxylation is 1. The molecule has 0 aliphatic rings. The van der Waals surface area contributed by atoms with E-state index in [9.17, 15) is 22.8 Å². The molecule has 0 aliphatic heterocycles. The van der Waals surface area contributed by atoms with Gasteiger partial charge < -0.3 is 5.32 Å². The molecule has 0 saturated heterocycles. The standard InChI is InChI=1S/C21H18F3N3O2/c1-3-14-6-4-9-17(10-14)27-18(12-19(26-27)21(22,23)24)20(29)25-16-8-5-7-15(11-16)13(2)28/h4-12H,3H2,1-2H3,(H,25,29). The monoisotopic (exact) mass is 401 g/mol. The number of benzene rings is 2. The molecule has 0 fully saturated rings. The SMILES string of the molecule is CCc1cccc(-n2nc(C(F)(F)F)cc2C(=O)Nc2cccc(C(C)=O)c2)c1. The number of hydrogen-bond donors (Lipinski definition) is 1. The number of amides is 1. The third-order valence-corrected chi connectivity index (χ3v) is 4.32. The van der Waals surface area contributed by atoms with Gasteiger partial charge in [-0.15, -0.1) is 0 Å². The Morgan fingerprint density at radius 1 is 1.07 bits per heavy atom. The molecule has 1 aromatic heterocycles. The quantitative estimate of drug-likeness (QED) is 0.618. The van der Waals surface area contributed by atoms with Crippen molar-refractivity contribution < 1.29 is 22.8 Å². The van der Waals surface area contributed by atoms with Crippen LogP contribution < -0.4 is 5.32 Å². The van der Waals surface area contributed by atoms with Gasteiger partial charge in [-0.2, -0.15) is 18.3 Å². The third kappa shape index (κ3) is 4.53. The number of carbonyl (C=O) groups is 2. The molecule has 0 unspecified atom stereocenters. The van der Waals surface area contributed by atoms with Gasteiger partial charge in [0.1, 0.15) is 5.69 Å². The first-order valence-electron chi connectivity index (χ1n) is 8.88. The average molecular weight is 401 g/mol. The van der Waals surface area contributed by atoms with Crippen LogP contribution in [0.4, 0.5) is 18.9 Å². The van der Waals surface area contributed by atoms with Gasteiger partial charge in [-0.25, -0.2) is 4.68 Å². The molecule has 29 heavy (non-hydrogen) atoms. The van der Waals surface area contributed by atoms with Crippen LogP contribution in [0.5, 0.6) is 0 Å². The van der Waals surface area contributed by atoms with E-state index < -0.39 is 17.8 Å². The van der Waals surface area contributed by atoms with Crippen molar-refractivity contribution in [3.63, 3.8) is 0 Å². The number of Topliss-reactive ketones (excluding diaryl/α,β-unsaturated/α-hetero) is 1. The first-order chi connectivity index (χ1) is 13.7. The number of aromatic nitrogens is 2. The van der Waals surface area contributed by atoms with Crippen LogP contribution in [0.1, 0.15) is 46.0 Å². The second-order valence-electron chi connectivity index (χ2n) is 6.44. The summed E-state index contributed by atoms with van der Waals surface area (Å²) in [6, 6.07) is 13.7. The van der Waals surface area contributed by atoms with Crippen LogP contribution in [-0.2, 0) is 12.6 Å². The lowest BCUT2D eigenvalue weighted by atomic mass is 10.1. The predicted molar refractivity (Wildman–Crippen MR) is 102 cm³/mol. The van der Waals surface area contributed by atoms with E-state index in [0.29, 0.717) is 29.4 Å². The number of carbonyl (C=O) groups excluding carboxylic acids is 2. The minimum absolute atomic E-state index is 0.193. The van der Waals surface area contributed by atoms with Crippen LogP contribution >= 0.6 is 0 Å². The highest BCUT2D eigenvalue weighted by Crippen LogP contribution is 2.30. The van der Waals surface area contributed by atoms with Crippen molar-refractivity contribution in [1.82, 2.24) is 9.78 Å². The largest absolute Gasteiger partial charge is 0.435 e. The second kappa shape index (κ2) is 7.90. The highest BCUT2D eigenvalue weighted by molar-refractivity contribution is 6.04. The summed E-state index contributed by atoms with van der Waals surface area (Å²) < 4.78 is 40.7. The summed E-state index contributed by atoms with van der Waals surface area (Å²) in [7, 11) is 0. The van der Waals surface area contributed by atoms with Crippen LogP contribution in [-0.4, -0.2) is 21.5 Å². The minimum Gasteiger partial charge on any atom is -0.321 e. The summed E-state index contributed by atoms with van der Waals surface area (Å²) >= 11 is 0. The topological polar surface area (TPSA) is 64.0 Å². The smallest absolute Gasteiger partial charge is 0.321 e. The summed E-state index contributed by atoms with van der Waals surface area (Å²) in [5.74, 6) is -0.961. The molecule has 1 N–H and O–H groups in total. The van der Waals surface area contributed by atoms with Gasteiger partial charge in [0, 0.05) is 17.3 Å². The van der Waals surface area contributed by atoms with Gasteiger partial charge in [-0.3, -0.25) is 9.59 Å². The summed E-state index contributed by atoms with van der Waals surface area (Å²) in [6.45, 7) is 3.30. The van der Waals surface area contributed by atoms with E-state index in [0.717, 1.165) is 10.2 Å². The molecule has 0 spiro atoms. The molecular weight excluding hydrogens is 383 g/mol. The molecule has 0 radical (unpaired) electrons. The summed E-state index contributed by atoms with van der Waals surface area (Å²) in [6.07, 6.45) is -4.02. The van der Waals surface area contributed by atoms with Crippen molar-refractivity contribution in [3.05, 3.63) is 77.1 Å². The van der Waals surface area contributed by atoms with E-state index in [4.69, 9.17) is 0 Å². The van der Waals surface area contributed by atoms with E-state index in [1.807, 2.05) is 13.0 Å². The first kappa shape index (κ1) is 20.3. The number of halogens is 3. The van der Waals surface area contributed by atoms with Crippen LogP contribution in [0.25, 0.3) is 5.69 Å². The first-order valence-corrected chi connectivity index (χ1v) is 8.88. The zero-order valence-corrected chi connectivity index (χ0v) is 15.7. The van der Waals surface area contributed by atoms with Crippen LogP contribution in [0.3, 0.4) is 0 Å². The van der Waals surface area contributed by atoms with Gasteiger partial charge in [-0.1, -0.05) is 31.2 Å². The van der Waals surface area contributed by atoms with Gasteiger partial charge in [0.15, 0.2) is 11.5 Å². The lowest BCUT2D eigenvalue weighted by molar-refractivity contribution is -0.141. The van der Waals surface area contributed by atoms with Crippen molar-refractivity contribution >= 4 is 17.4 Å². The molecular formula is C21H18F3N3O2. The molecule has 0 bridgehead atoms. The van der Waals surface area contributed by atoms with Crippen LogP contribution in [0.2, 0.25) is 0 Å². The Hall–Kier alpha value is -3.42. The molecule has 8 heteroatoms. The fraction of sp³-hybridized carbons (Fsp3) is 0.190. The Bertz CT molecular complexity index is 1070. The molecule has 3 rings (SSSR count). The molecule has 1 heterocycles. The number of hydrogen-bond acceptors (Lipinski definition) is 3. The van der Waals surface area contributed by atoms with Gasteiger partial charge in [0.2, 0.25) is 0 Å². The average Bonchev–Trinajstić information content (AvgIpc) is 3.14. The molecule has 0 aliphatic carbocycles. The fourth-order valence-corrected chi connectivity index (χ4v) is 2.80. The third-order valence-electron chi connectivity index (χ3n) is 4.32. The van der Waals surface area contributed by atoms with E-state index in [1.54, 1.807) is 36.4 Å². The summed E-state index contributed by atoms with van der Waals surface area (Å²) in [4.78, 5) is 24.3. The fourth-order valence-electron chi connectivity index (χ4n) is 2.80. The minimum atomic E-state index is -4.70. The second-order valence-corrected chi connectivity index (χ2v) is 6.44. The maximum Gasteiger partial charge on any atom is 0.435 e. The zero-order valence-electron chi connectivity index (χ0n) is 15.7. The van der Waals surface area contributed by atoms with Crippen molar-refractivity contribution in [1.29, 1.82) is 0 Å².